The van der Waals surface area contributed by atoms with Crippen molar-refractivity contribution in [2.24, 2.45) is 5.73 Å². The first kappa shape index (κ1) is 18.5. The summed E-state index contributed by atoms with van der Waals surface area (Å²) in [4.78, 5) is 12.4. The molecular formula is C16H13Br2FN2O3. The fraction of sp³-hybridized carbons (Fsp3) is 0.250. The van der Waals surface area contributed by atoms with Crippen LogP contribution in [0, 0.1) is 17.1 Å². The lowest BCUT2D eigenvalue weighted by Gasteiger charge is -2.27. The fourth-order valence-electron chi connectivity index (χ4n) is 2.45. The van der Waals surface area contributed by atoms with Crippen LogP contribution in [0.15, 0.2) is 43.9 Å². The van der Waals surface area contributed by atoms with E-state index < -0.39 is 17.7 Å². The van der Waals surface area contributed by atoms with Crippen LogP contribution in [0.25, 0.3) is 0 Å². The minimum atomic E-state index is -0.899. The van der Waals surface area contributed by atoms with Crippen LogP contribution in [-0.4, -0.2) is 12.6 Å². The summed E-state index contributed by atoms with van der Waals surface area (Å²) < 4.78 is 25.2. The van der Waals surface area contributed by atoms with Gasteiger partial charge >= 0.3 is 5.97 Å². The molecule has 1 atom stereocenters. The van der Waals surface area contributed by atoms with E-state index in [1.54, 1.807) is 13.8 Å². The molecule has 8 heteroatoms. The number of rotatable bonds is 3. The summed E-state index contributed by atoms with van der Waals surface area (Å²) >= 11 is 6.60. The highest BCUT2D eigenvalue weighted by atomic mass is 79.9. The monoisotopic (exact) mass is 458 g/mol. The molecule has 1 aliphatic heterocycles. The second-order valence-electron chi connectivity index (χ2n) is 4.91. The number of nitrogens with two attached hydrogens (primary N) is 1. The van der Waals surface area contributed by atoms with Crippen molar-refractivity contribution < 1.29 is 18.7 Å². The second kappa shape index (κ2) is 7.36. The maximum Gasteiger partial charge on any atom is 0.338 e. The summed E-state index contributed by atoms with van der Waals surface area (Å²) in [6, 6.07) is 4.45. The molecule has 0 radical (unpaired) electrons. The van der Waals surface area contributed by atoms with E-state index >= 15 is 0 Å². The molecule has 126 valence electrons. The Hall–Kier alpha value is -1.85. The Balaban J connectivity index is 2.75. The quantitative estimate of drug-likeness (QED) is 0.545. The zero-order chi connectivity index (χ0) is 18.0. The van der Waals surface area contributed by atoms with Gasteiger partial charge < -0.3 is 15.2 Å². The molecule has 24 heavy (non-hydrogen) atoms. The highest BCUT2D eigenvalue weighted by Gasteiger charge is 2.37. The molecule has 1 aromatic carbocycles. The SMILES string of the molecule is CCOC(=O)C1=C(C)OC(N)=C(C#N)C1c1cc(F)cc(Br)c1Br. The zero-order valence-electron chi connectivity index (χ0n) is 12.8. The van der Waals surface area contributed by atoms with Crippen molar-refractivity contribution in [3.8, 4) is 6.07 Å². The number of nitriles is 1. The topological polar surface area (TPSA) is 85.3 Å². The molecule has 0 aromatic heterocycles. The van der Waals surface area contributed by atoms with Gasteiger partial charge in [-0.3, -0.25) is 0 Å². The van der Waals surface area contributed by atoms with Crippen molar-refractivity contribution in [2.45, 2.75) is 19.8 Å². The number of allylic oxidation sites excluding steroid dienone is 2. The van der Waals surface area contributed by atoms with Gasteiger partial charge in [-0.25, -0.2) is 9.18 Å². The summed E-state index contributed by atoms with van der Waals surface area (Å²) in [5, 5.41) is 9.48. The number of carbonyl (C=O) groups excluding carboxylic acids is 1. The molecule has 0 aliphatic carbocycles. The Labute approximate surface area is 155 Å². The standard InChI is InChI=1S/C16H13Br2FN2O3/c1-3-23-16(22)12-7(2)24-15(21)10(6-20)13(12)9-4-8(19)5-11(17)14(9)18/h4-5,13H,3,21H2,1-2H3. The Morgan fingerprint density at radius 3 is 2.75 bits per heavy atom. The van der Waals surface area contributed by atoms with E-state index in [2.05, 4.69) is 31.9 Å². The number of hydrogen-bond acceptors (Lipinski definition) is 5. The number of benzene rings is 1. The minimum absolute atomic E-state index is 0.0156. The summed E-state index contributed by atoms with van der Waals surface area (Å²) in [5.74, 6) is -1.98. The first-order valence-corrected chi connectivity index (χ1v) is 8.50. The van der Waals surface area contributed by atoms with Gasteiger partial charge in [0.2, 0.25) is 5.88 Å². The molecule has 0 amide bonds. The molecule has 1 aliphatic rings. The third-order valence-electron chi connectivity index (χ3n) is 3.43. The van der Waals surface area contributed by atoms with E-state index in [-0.39, 0.29) is 29.4 Å². The van der Waals surface area contributed by atoms with Crippen molar-refractivity contribution in [1.29, 1.82) is 5.26 Å². The lowest BCUT2D eigenvalue weighted by atomic mass is 9.83. The summed E-state index contributed by atoms with van der Waals surface area (Å²) in [5.41, 5.74) is 6.29. The van der Waals surface area contributed by atoms with Crippen LogP contribution in [0.4, 0.5) is 4.39 Å². The van der Waals surface area contributed by atoms with Crippen LogP contribution >= 0.6 is 31.9 Å². The zero-order valence-corrected chi connectivity index (χ0v) is 16.0. The smallest absolute Gasteiger partial charge is 0.338 e. The van der Waals surface area contributed by atoms with E-state index in [1.807, 2.05) is 6.07 Å². The molecular weight excluding hydrogens is 447 g/mol. The van der Waals surface area contributed by atoms with Crippen LogP contribution < -0.4 is 5.73 Å². The predicted molar refractivity (Wildman–Crippen MR) is 91.8 cm³/mol. The molecule has 0 saturated carbocycles. The third kappa shape index (κ3) is 3.32. The van der Waals surface area contributed by atoms with Gasteiger partial charge in [-0.05, 0) is 63.4 Å². The molecule has 5 nitrogen and oxygen atoms in total. The number of carbonyl (C=O) groups is 1. The molecule has 1 heterocycles. The van der Waals surface area contributed by atoms with Gasteiger partial charge in [0, 0.05) is 8.95 Å². The highest BCUT2D eigenvalue weighted by molar-refractivity contribution is 9.13. The van der Waals surface area contributed by atoms with Gasteiger partial charge in [0.25, 0.3) is 0 Å². The van der Waals surface area contributed by atoms with Crippen LogP contribution in [0.5, 0.6) is 0 Å². The number of hydrogen-bond donors (Lipinski definition) is 1. The lowest BCUT2D eigenvalue weighted by molar-refractivity contribution is -0.139. The van der Waals surface area contributed by atoms with Crippen molar-refractivity contribution >= 4 is 37.8 Å². The van der Waals surface area contributed by atoms with Gasteiger partial charge in [-0.1, -0.05) is 0 Å². The fourth-order valence-corrected chi connectivity index (χ4v) is 3.36. The van der Waals surface area contributed by atoms with Gasteiger partial charge in [0.05, 0.1) is 18.1 Å². The maximum absolute atomic E-state index is 13.9. The first-order chi connectivity index (χ1) is 11.3. The Morgan fingerprint density at radius 2 is 2.17 bits per heavy atom. The Kier molecular flexibility index (Phi) is 5.67. The Bertz CT molecular complexity index is 812. The summed E-state index contributed by atoms with van der Waals surface area (Å²) in [7, 11) is 0. The molecule has 2 N–H and O–H groups in total. The van der Waals surface area contributed by atoms with E-state index in [4.69, 9.17) is 15.2 Å². The van der Waals surface area contributed by atoms with Crippen molar-refractivity contribution in [3.05, 3.63) is 55.2 Å². The van der Waals surface area contributed by atoms with Crippen LogP contribution in [-0.2, 0) is 14.3 Å². The summed E-state index contributed by atoms with van der Waals surface area (Å²) in [6.07, 6.45) is 0. The van der Waals surface area contributed by atoms with Crippen LogP contribution in [0.1, 0.15) is 25.3 Å². The maximum atomic E-state index is 13.9. The average molecular weight is 460 g/mol. The van der Waals surface area contributed by atoms with Gasteiger partial charge in [-0.2, -0.15) is 5.26 Å². The largest absolute Gasteiger partial charge is 0.463 e. The van der Waals surface area contributed by atoms with Gasteiger partial charge in [0.1, 0.15) is 23.2 Å². The molecule has 1 aromatic rings. The molecule has 0 saturated heterocycles. The van der Waals surface area contributed by atoms with E-state index in [0.717, 1.165) is 0 Å². The minimum Gasteiger partial charge on any atom is -0.463 e. The van der Waals surface area contributed by atoms with E-state index in [0.29, 0.717) is 14.5 Å². The van der Waals surface area contributed by atoms with E-state index in [9.17, 15) is 14.4 Å². The van der Waals surface area contributed by atoms with Crippen molar-refractivity contribution in [2.75, 3.05) is 6.61 Å². The number of halogens is 3. The van der Waals surface area contributed by atoms with Gasteiger partial charge in [-0.15, -0.1) is 0 Å². The summed E-state index contributed by atoms with van der Waals surface area (Å²) in [6.45, 7) is 3.36. The van der Waals surface area contributed by atoms with Crippen molar-refractivity contribution in [3.63, 3.8) is 0 Å². The molecule has 0 fully saturated rings. The molecule has 0 bridgehead atoms. The van der Waals surface area contributed by atoms with Gasteiger partial charge in [0.15, 0.2) is 0 Å². The number of ether oxygens (including phenoxy) is 2. The van der Waals surface area contributed by atoms with Crippen molar-refractivity contribution in [1.82, 2.24) is 0 Å². The highest BCUT2D eigenvalue weighted by Crippen LogP contribution is 2.44. The third-order valence-corrected chi connectivity index (χ3v) is 5.48. The lowest BCUT2D eigenvalue weighted by Crippen LogP contribution is -2.26. The second-order valence-corrected chi connectivity index (χ2v) is 6.55. The van der Waals surface area contributed by atoms with Crippen LogP contribution in [0.3, 0.4) is 0 Å². The Morgan fingerprint density at radius 1 is 1.50 bits per heavy atom. The number of esters is 1. The normalized spacial score (nSPS) is 17.4. The molecule has 1 unspecified atom stereocenters. The average Bonchev–Trinajstić information content (AvgIpc) is 2.50. The molecule has 0 spiro atoms. The van der Waals surface area contributed by atoms with Crippen LogP contribution in [0.2, 0.25) is 0 Å². The van der Waals surface area contributed by atoms with E-state index in [1.165, 1.54) is 12.1 Å². The predicted octanol–water partition coefficient (Wildman–Crippen LogP) is 4.00. The first-order valence-electron chi connectivity index (χ1n) is 6.91. The molecule has 2 rings (SSSR count). The number of nitrogens with zero attached hydrogens (tertiary/aromatic N) is 1.